The second-order valence-corrected chi connectivity index (χ2v) is 11.1. The number of rotatable bonds is 8. The molecule has 5 rings (SSSR count). The van der Waals surface area contributed by atoms with Gasteiger partial charge in [0.2, 0.25) is 0 Å². The first-order valence-corrected chi connectivity index (χ1v) is 14.0. The third-order valence-corrected chi connectivity index (χ3v) is 7.80. The van der Waals surface area contributed by atoms with E-state index in [0.29, 0.717) is 0 Å². The van der Waals surface area contributed by atoms with Crippen LogP contribution in [0.2, 0.25) is 5.02 Å². The van der Waals surface area contributed by atoms with Gasteiger partial charge in [0.25, 0.3) is 6.43 Å². The lowest BCUT2D eigenvalue weighted by Gasteiger charge is -2.43. The summed E-state index contributed by atoms with van der Waals surface area (Å²) in [6, 6.07) is 5.56. The zero-order chi connectivity index (χ0) is 31.9. The molecule has 18 heteroatoms. The molecule has 3 heterocycles. The molecular formula is C26H22BrClF6N6O4. The molecule has 5 atom stereocenters. The molecule has 0 unspecified atom stereocenters. The summed E-state index contributed by atoms with van der Waals surface area (Å²) in [4.78, 5) is 0. The Hall–Kier alpha value is -3.09. The highest BCUT2D eigenvalue weighted by atomic mass is 79.9. The van der Waals surface area contributed by atoms with Gasteiger partial charge in [-0.1, -0.05) is 22.9 Å². The summed E-state index contributed by atoms with van der Waals surface area (Å²) >= 11 is 9.11. The first kappa shape index (κ1) is 32.3. The van der Waals surface area contributed by atoms with Crippen molar-refractivity contribution in [3.05, 3.63) is 75.1 Å². The second kappa shape index (κ2) is 12.7. The molecule has 1 saturated heterocycles. The van der Waals surface area contributed by atoms with Crippen LogP contribution in [0.5, 0.6) is 0 Å². The predicted molar refractivity (Wildman–Crippen MR) is 145 cm³/mol. The van der Waals surface area contributed by atoms with Gasteiger partial charge in [-0.05, 0) is 53.2 Å². The van der Waals surface area contributed by atoms with Crippen LogP contribution in [-0.2, 0) is 15.7 Å². The molecule has 0 radical (unpaired) electrons. The molecule has 1 fully saturated rings. The number of aryl methyl sites for hydroxylation is 1. The Morgan fingerprint density at radius 3 is 2.55 bits per heavy atom. The van der Waals surface area contributed by atoms with Crippen LogP contribution in [-0.4, -0.2) is 77.9 Å². The van der Waals surface area contributed by atoms with E-state index in [2.05, 4.69) is 36.4 Å². The molecule has 4 aromatic rings. The smallest absolute Gasteiger partial charge is 0.394 e. The zero-order valence-electron chi connectivity index (χ0n) is 22.3. The summed E-state index contributed by atoms with van der Waals surface area (Å²) in [5.41, 5.74) is -1.17. The molecule has 1 aliphatic rings. The van der Waals surface area contributed by atoms with Crippen LogP contribution in [0.4, 0.5) is 26.3 Å². The third-order valence-electron chi connectivity index (χ3n) is 6.92. The number of nitrogens with zero attached hydrogens (tertiary/aromatic N) is 6. The van der Waals surface area contributed by atoms with Crippen molar-refractivity contribution in [1.29, 1.82) is 0 Å². The van der Waals surface area contributed by atoms with Crippen molar-refractivity contribution >= 4 is 27.5 Å². The Bertz CT molecular complexity index is 1640. The Balaban J connectivity index is 1.65. The summed E-state index contributed by atoms with van der Waals surface area (Å²) in [5.74, 6) is -0.969. The van der Waals surface area contributed by atoms with Crippen molar-refractivity contribution in [3.8, 4) is 16.9 Å². The van der Waals surface area contributed by atoms with E-state index >= 15 is 0 Å². The summed E-state index contributed by atoms with van der Waals surface area (Å²) in [5, 5.41) is 37.1. The Morgan fingerprint density at radius 1 is 1.14 bits per heavy atom. The normalized spacial score (nSPS) is 22.6. The SMILES string of the molecule is Cc1nnc([C@@H]2O[C@H](CO)[C@H](O)[C@H](n3cc(-c4ccc(Br)c(F)c4)nn3)[C@H]2OCC(F)F)n1-c1cc(Cl)ccc1C(F)(F)F. The number of hydrogen-bond acceptors (Lipinski definition) is 8. The quantitative estimate of drug-likeness (QED) is 0.243. The molecule has 2 N–H and O–H groups in total. The standard InChI is InChI=1S/C26H22BrClF6N6O4/c1-11-35-37-25(40(11)18-7-13(28)3-4-14(18)26(32,33)34)24-23(43-10-20(30)31)21(22(42)19(9-41)44-24)39-8-17(36-38-39)12-2-5-15(27)16(29)6-12/h2-8,19-24,41-42H,9-10H2,1H3/t19-,21+,22+,23-,24-/m1/s1. The monoisotopic (exact) mass is 710 g/mol. The summed E-state index contributed by atoms with van der Waals surface area (Å²) in [6.07, 6.45) is -12.8. The average molecular weight is 712 g/mol. The van der Waals surface area contributed by atoms with Gasteiger partial charge < -0.3 is 19.7 Å². The number of aliphatic hydroxyl groups is 2. The molecule has 0 aliphatic carbocycles. The zero-order valence-corrected chi connectivity index (χ0v) is 24.7. The lowest BCUT2D eigenvalue weighted by atomic mass is 9.91. The van der Waals surface area contributed by atoms with Crippen LogP contribution in [0.3, 0.4) is 0 Å². The number of benzene rings is 2. The molecule has 1 aliphatic heterocycles. The topological polar surface area (TPSA) is 120 Å². The Morgan fingerprint density at radius 2 is 1.89 bits per heavy atom. The van der Waals surface area contributed by atoms with Crippen LogP contribution < -0.4 is 0 Å². The molecular weight excluding hydrogens is 690 g/mol. The van der Waals surface area contributed by atoms with Crippen molar-refractivity contribution in [2.24, 2.45) is 0 Å². The maximum Gasteiger partial charge on any atom is 0.418 e. The molecule has 44 heavy (non-hydrogen) atoms. The largest absolute Gasteiger partial charge is 0.418 e. The Kier molecular flexibility index (Phi) is 9.34. The summed E-state index contributed by atoms with van der Waals surface area (Å²) < 4.78 is 96.9. The highest BCUT2D eigenvalue weighted by Gasteiger charge is 2.50. The van der Waals surface area contributed by atoms with Gasteiger partial charge in [0.15, 0.2) is 5.82 Å². The van der Waals surface area contributed by atoms with Gasteiger partial charge in [0.1, 0.15) is 54.4 Å². The second-order valence-electron chi connectivity index (χ2n) is 9.76. The van der Waals surface area contributed by atoms with E-state index in [0.717, 1.165) is 33.5 Å². The third kappa shape index (κ3) is 6.34. The lowest BCUT2D eigenvalue weighted by molar-refractivity contribution is -0.229. The van der Waals surface area contributed by atoms with Crippen molar-refractivity contribution in [2.45, 2.75) is 50.0 Å². The fourth-order valence-corrected chi connectivity index (χ4v) is 5.39. The van der Waals surface area contributed by atoms with Gasteiger partial charge in [-0.15, -0.1) is 15.3 Å². The van der Waals surface area contributed by atoms with E-state index in [4.69, 9.17) is 21.1 Å². The van der Waals surface area contributed by atoms with Gasteiger partial charge in [-0.25, -0.2) is 17.9 Å². The van der Waals surface area contributed by atoms with Gasteiger partial charge in [-0.2, -0.15) is 13.2 Å². The van der Waals surface area contributed by atoms with E-state index in [-0.39, 0.29) is 32.4 Å². The minimum absolute atomic E-state index is 0.0486. The van der Waals surface area contributed by atoms with E-state index in [1.54, 1.807) is 0 Å². The van der Waals surface area contributed by atoms with Crippen LogP contribution in [0.25, 0.3) is 16.9 Å². The molecule has 236 valence electrons. The number of hydrogen-bond donors (Lipinski definition) is 2. The number of aliphatic hydroxyl groups excluding tert-OH is 2. The van der Waals surface area contributed by atoms with E-state index in [9.17, 15) is 36.6 Å². The van der Waals surface area contributed by atoms with Gasteiger partial charge in [0.05, 0.1) is 28.5 Å². The molecule has 10 nitrogen and oxygen atoms in total. The van der Waals surface area contributed by atoms with Gasteiger partial charge >= 0.3 is 6.18 Å². The van der Waals surface area contributed by atoms with Gasteiger partial charge in [0, 0.05) is 10.6 Å². The summed E-state index contributed by atoms with van der Waals surface area (Å²) in [7, 11) is 0. The molecule has 0 spiro atoms. The van der Waals surface area contributed by atoms with Gasteiger partial charge in [-0.3, -0.25) is 4.57 Å². The van der Waals surface area contributed by atoms with Crippen molar-refractivity contribution in [1.82, 2.24) is 29.8 Å². The molecule has 0 bridgehead atoms. The maximum absolute atomic E-state index is 14.2. The molecule has 2 aromatic heterocycles. The average Bonchev–Trinajstić information content (AvgIpc) is 3.59. The minimum Gasteiger partial charge on any atom is -0.394 e. The van der Waals surface area contributed by atoms with Crippen LogP contribution in [0.15, 0.2) is 47.1 Å². The maximum atomic E-state index is 14.2. The van der Waals surface area contributed by atoms with Crippen molar-refractivity contribution < 1.29 is 46.0 Å². The predicted octanol–water partition coefficient (Wildman–Crippen LogP) is 5.09. The minimum atomic E-state index is -4.84. The van der Waals surface area contributed by atoms with E-state index < -0.39 is 73.3 Å². The fourth-order valence-electron chi connectivity index (χ4n) is 4.98. The molecule has 0 amide bonds. The first-order valence-electron chi connectivity index (χ1n) is 12.8. The molecule has 2 aromatic carbocycles. The van der Waals surface area contributed by atoms with Crippen LogP contribution in [0, 0.1) is 12.7 Å². The number of aromatic nitrogens is 6. The lowest BCUT2D eigenvalue weighted by Crippen LogP contribution is -2.54. The number of ether oxygens (including phenoxy) is 2. The van der Waals surface area contributed by atoms with E-state index in [1.165, 1.54) is 25.3 Å². The Labute approximate surface area is 258 Å². The highest BCUT2D eigenvalue weighted by Crippen LogP contribution is 2.42. The number of halogens is 8. The highest BCUT2D eigenvalue weighted by molar-refractivity contribution is 9.10. The fraction of sp³-hybridized carbons (Fsp3) is 0.385. The van der Waals surface area contributed by atoms with Crippen LogP contribution in [0.1, 0.15) is 29.4 Å². The number of alkyl halides is 5. The molecule has 0 saturated carbocycles. The summed E-state index contributed by atoms with van der Waals surface area (Å²) in [6.45, 7) is -0.616. The van der Waals surface area contributed by atoms with Crippen molar-refractivity contribution in [3.63, 3.8) is 0 Å². The van der Waals surface area contributed by atoms with Crippen LogP contribution >= 0.6 is 27.5 Å². The van der Waals surface area contributed by atoms with E-state index in [1.807, 2.05) is 0 Å². The first-order chi connectivity index (χ1) is 20.8. The van der Waals surface area contributed by atoms with Crippen molar-refractivity contribution in [2.75, 3.05) is 13.2 Å².